The molecule has 0 radical (unpaired) electrons. The number of carbonyl (C=O) groups is 1. The highest BCUT2D eigenvalue weighted by Gasteiger charge is 2.39. The molecule has 2 rings (SSSR count). The summed E-state index contributed by atoms with van der Waals surface area (Å²) in [6.07, 6.45) is 5.41. The van der Waals surface area contributed by atoms with Crippen LogP contribution in [0.3, 0.4) is 0 Å². The van der Waals surface area contributed by atoms with Crippen molar-refractivity contribution in [2.75, 3.05) is 27.2 Å². The summed E-state index contributed by atoms with van der Waals surface area (Å²) < 4.78 is 2.03. The van der Waals surface area contributed by atoms with Gasteiger partial charge in [-0.15, -0.1) is 0 Å². The number of rotatable bonds is 5. The van der Waals surface area contributed by atoms with E-state index in [-0.39, 0.29) is 11.4 Å². The Hall–Kier alpha value is -1.36. The lowest BCUT2D eigenvalue weighted by Gasteiger charge is -2.35. The van der Waals surface area contributed by atoms with Gasteiger partial charge in [-0.1, -0.05) is 0 Å². The van der Waals surface area contributed by atoms with Crippen LogP contribution in [0.1, 0.15) is 32.5 Å². The number of amides is 1. The van der Waals surface area contributed by atoms with E-state index in [2.05, 4.69) is 30.8 Å². The van der Waals surface area contributed by atoms with Crippen LogP contribution in [-0.2, 0) is 11.3 Å². The minimum absolute atomic E-state index is 0.176. The molecule has 1 aromatic rings. The third-order valence-electron chi connectivity index (χ3n) is 5.21. The summed E-state index contributed by atoms with van der Waals surface area (Å²) in [7, 11) is 4.10. The Morgan fingerprint density at radius 2 is 2.24 bits per heavy atom. The van der Waals surface area contributed by atoms with Crippen molar-refractivity contribution in [3.63, 3.8) is 0 Å². The molecule has 1 fully saturated rings. The maximum atomic E-state index is 12.3. The van der Waals surface area contributed by atoms with Gasteiger partial charge in [0.15, 0.2) is 0 Å². The Morgan fingerprint density at radius 3 is 2.76 bits per heavy atom. The fourth-order valence-electron chi connectivity index (χ4n) is 3.10. The minimum Gasteiger partial charge on any atom is -0.345 e. The monoisotopic (exact) mass is 292 g/mol. The number of imidazole rings is 1. The van der Waals surface area contributed by atoms with Gasteiger partial charge in [-0.25, -0.2) is 4.98 Å². The number of hydrogen-bond acceptors (Lipinski definition) is 3. The van der Waals surface area contributed by atoms with Crippen molar-refractivity contribution in [3.8, 4) is 0 Å². The molecule has 1 amide bonds. The highest BCUT2D eigenvalue weighted by atomic mass is 16.2. The van der Waals surface area contributed by atoms with Crippen molar-refractivity contribution in [2.24, 2.45) is 5.92 Å². The molecule has 1 atom stereocenters. The number of nitrogens with zero attached hydrogens (tertiary/aromatic N) is 4. The van der Waals surface area contributed by atoms with Crippen LogP contribution in [-0.4, -0.2) is 58.0 Å². The first-order valence-corrected chi connectivity index (χ1v) is 7.75. The summed E-state index contributed by atoms with van der Waals surface area (Å²) in [5.74, 6) is 1.73. The molecule has 0 unspecified atom stereocenters. The van der Waals surface area contributed by atoms with Gasteiger partial charge in [-0.3, -0.25) is 4.79 Å². The minimum atomic E-state index is 0.176. The molecule has 5 nitrogen and oxygen atoms in total. The lowest BCUT2D eigenvalue weighted by molar-refractivity contribution is -0.131. The first-order chi connectivity index (χ1) is 9.82. The fourth-order valence-corrected chi connectivity index (χ4v) is 3.10. The lowest BCUT2D eigenvalue weighted by atomic mass is 9.88. The highest BCUT2D eigenvalue weighted by Crippen LogP contribution is 2.33. The topological polar surface area (TPSA) is 41.4 Å². The largest absolute Gasteiger partial charge is 0.345 e. The Balaban J connectivity index is 1.84. The van der Waals surface area contributed by atoms with Crippen LogP contribution in [0.25, 0.3) is 0 Å². The van der Waals surface area contributed by atoms with Gasteiger partial charge >= 0.3 is 0 Å². The third-order valence-corrected chi connectivity index (χ3v) is 5.21. The Kier molecular flexibility index (Phi) is 4.71. The van der Waals surface area contributed by atoms with Gasteiger partial charge in [-0.2, -0.15) is 0 Å². The molecule has 2 heterocycles. The summed E-state index contributed by atoms with van der Waals surface area (Å²) in [5, 5.41) is 0. The van der Waals surface area contributed by atoms with Gasteiger partial charge in [0.1, 0.15) is 5.82 Å². The first-order valence-electron chi connectivity index (χ1n) is 7.75. The molecule has 0 spiro atoms. The van der Waals surface area contributed by atoms with Crippen molar-refractivity contribution in [2.45, 2.75) is 45.7 Å². The van der Waals surface area contributed by atoms with Gasteiger partial charge in [0.05, 0.1) is 0 Å². The van der Waals surface area contributed by atoms with E-state index in [9.17, 15) is 4.79 Å². The number of likely N-dealkylation sites (tertiary alicyclic amines) is 1. The van der Waals surface area contributed by atoms with E-state index in [1.807, 2.05) is 29.6 Å². The third kappa shape index (κ3) is 3.46. The maximum absolute atomic E-state index is 12.3. The summed E-state index contributed by atoms with van der Waals surface area (Å²) in [6, 6.07) is 0. The van der Waals surface area contributed by atoms with Gasteiger partial charge < -0.3 is 14.4 Å². The van der Waals surface area contributed by atoms with Gasteiger partial charge in [0.2, 0.25) is 5.91 Å². The van der Waals surface area contributed by atoms with E-state index in [1.165, 1.54) is 6.42 Å². The van der Waals surface area contributed by atoms with Gasteiger partial charge in [0, 0.05) is 44.5 Å². The average molecular weight is 292 g/mol. The van der Waals surface area contributed by atoms with Crippen LogP contribution < -0.4 is 0 Å². The summed E-state index contributed by atoms with van der Waals surface area (Å²) in [5.41, 5.74) is 0.176. The molecule has 1 saturated heterocycles. The molecule has 0 N–H and O–H groups in total. The Labute approximate surface area is 127 Å². The predicted octanol–water partition coefficient (Wildman–Crippen LogP) is 1.77. The zero-order chi connectivity index (χ0) is 15.6. The Morgan fingerprint density at radius 1 is 1.52 bits per heavy atom. The van der Waals surface area contributed by atoms with Crippen molar-refractivity contribution >= 4 is 5.91 Å². The highest BCUT2D eigenvalue weighted by molar-refractivity contribution is 5.75. The molecule has 0 saturated carbocycles. The summed E-state index contributed by atoms with van der Waals surface area (Å²) >= 11 is 0. The van der Waals surface area contributed by atoms with E-state index in [0.29, 0.717) is 18.9 Å². The second-order valence-corrected chi connectivity index (χ2v) is 6.75. The van der Waals surface area contributed by atoms with Crippen molar-refractivity contribution in [1.29, 1.82) is 0 Å². The van der Waals surface area contributed by atoms with Crippen LogP contribution in [0.15, 0.2) is 12.4 Å². The molecular formula is C16H28N4O. The van der Waals surface area contributed by atoms with Gasteiger partial charge in [0.25, 0.3) is 0 Å². The molecule has 118 valence electrons. The fraction of sp³-hybridized carbons (Fsp3) is 0.750. The molecule has 21 heavy (non-hydrogen) atoms. The van der Waals surface area contributed by atoms with Crippen LogP contribution in [0, 0.1) is 12.8 Å². The summed E-state index contributed by atoms with van der Waals surface area (Å²) in [4.78, 5) is 20.8. The van der Waals surface area contributed by atoms with E-state index in [4.69, 9.17) is 0 Å². The molecule has 0 bridgehead atoms. The Bertz CT molecular complexity index is 494. The number of hydrogen-bond donors (Lipinski definition) is 0. The van der Waals surface area contributed by atoms with E-state index >= 15 is 0 Å². The predicted molar refractivity (Wildman–Crippen MR) is 84.0 cm³/mol. The van der Waals surface area contributed by atoms with Crippen LogP contribution in [0.2, 0.25) is 0 Å². The number of aromatic nitrogens is 2. The van der Waals surface area contributed by atoms with Gasteiger partial charge in [-0.05, 0) is 46.7 Å². The summed E-state index contributed by atoms with van der Waals surface area (Å²) in [6.45, 7) is 9.19. The van der Waals surface area contributed by atoms with Crippen LogP contribution in [0.4, 0.5) is 0 Å². The normalized spacial score (nSPS) is 21.7. The quantitative estimate of drug-likeness (QED) is 0.830. The maximum Gasteiger partial charge on any atom is 0.224 e. The SMILES string of the molecule is Cc1nccn1CCC(=O)N(C)C[C@@H]1CCN(C)C1(C)C. The van der Waals surface area contributed by atoms with Crippen molar-refractivity contribution in [1.82, 2.24) is 19.4 Å². The molecule has 0 aliphatic carbocycles. The molecule has 1 aliphatic heterocycles. The second kappa shape index (κ2) is 6.18. The average Bonchev–Trinajstić information content (AvgIpc) is 2.94. The molecule has 1 aromatic heterocycles. The standard InChI is InChI=1S/C16H28N4O/c1-13-17-8-11-20(13)10-7-15(21)18(4)12-14-6-9-19(5)16(14,2)3/h8,11,14H,6-7,9-10,12H2,1-5H3/t14-/m0/s1. The number of aryl methyl sites for hydroxylation is 2. The molecule has 0 aromatic carbocycles. The van der Waals surface area contributed by atoms with Crippen LogP contribution >= 0.6 is 0 Å². The lowest BCUT2D eigenvalue weighted by Crippen LogP contribution is -2.44. The smallest absolute Gasteiger partial charge is 0.224 e. The van der Waals surface area contributed by atoms with E-state index in [1.54, 1.807) is 6.20 Å². The zero-order valence-corrected chi connectivity index (χ0v) is 14.0. The van der Waals surface area contributed by atoms with E-state index < -0.39 is 0 Å². The zero-order valence-electron chi connectivity index (χ0n) is 14.0. The van der Waals surface area contributed by atoms with E-state index in [0.717, 1.165) is 18.9 Å². The second-order valence-electron chi connectivity index (χ2n) is 6.75. The number of carbonyl (C=O) groups excluding carboxylic acids is 1. The van der Waals surface area contributed by atoms with Crippen molar-refractivity contribution in [3.05, 3.63) is 18.2 Å². The first kappa shape index (κ1) is 16.0. The molecular weight excluding hydrogens is 264 g/mol. The molecule has 1 aliphatic rings. The molecule has 5 heteroatoms. The van der Waals surface area contributed by atoms with Crippen LogP contribution in [0.5, 0.6) is 0 Å². The van der Waals surface area contributed by atoms with Crippen molar-refractivity contribution < 1.29 is 4.79 Å².